The molecule has 0 atom stereocenters. The summed E-state index contributed by atoms with van der Waals surface area (Å²) in [5, 5.41) is 11.6. The predicted molar refractivity (Wildman–Crippen MR) is 58.4 cm³/mol. The van der Waals surface area contributed by atoms with E-state index in [-0.39, 0.29) is 23.8 Å². The molecule has 0 fully saturated rings. The first-order valence-corrected chi connectivity index (χ1v) is 4.64. The van der Waals surface area contributed by atoms with Crippen molar-refractivity contribution in [2.24, 2.45) is 0 Å². The lowest BCUT2D eigenvalue weighted by Crippen LogP contribution is -2.29. The van der Waals surface area contributed by atoms with Crippen molar-refractivity contribution < 1.29 is 14.7 Å². The van der Waals surface area contributed by atoms with E-state index in [0.717, 1.165) is 0 Å². The minimum absolute atomic E-state index is 0.0181. The number of carbonyl (C=O) groups is 2. The van der Waals surface area contributed by atoms with Crippen molar-refractivity contribution in [3.05, 3.63) is 23.9 Å². The number of rotatable bonds is 4. The van der Waals surface area contributed by atoms with E-state index < -0.39 is 5.97 Å². The highest BCUT2D eigenvalue weighted by Gasteiger charge is 2.11. The van der Waals surface area contributed by atoms with Crippen molar-refractivity contribution in [2.75, 3.05) is 26.0 Å². The van der Waals surface area contributed by atoms with Crippen LogP contribution in [0.1, 0.15) is 10.4 Å². The van der Waals surface area contributed by atoms with E-state index in [1.54, 1.807) is 14.1 Å². The molecular weight excluding hydrogens is 210 g/mol. The topological polar surface area (TPSA) is 82.5 Å². The monoisotopic (exact) mass is 223 g/mol. The van der Waals surface area contributed by atoms with E-state index in [1.807, 2.05) is 0 Å². The van der Waals surface area contributed by atoms with Gasteiger partial charge in [0.1, 0.15) is 11.4 Å². The van der Waals surface area contributed by atoms with Crippen LogP contribution in [-0.4, -0.2) is 47.5 Å². The van der Waals surface area contributed by atoms with Gasteiger partial charge in [0.15, 0.2) is 0 Å². The molecule has 0 aliphatic rings. The second-order valence-corrected chi connectivity index (χ2v) is 3.35. The highest BCUT2D eigenvalue weighted by Crippen LogP contribution is 2.10. The maximum atomic E-state index is 11.3. The molecule has 0 radical (unpaired) electrons. The summed E-state index contributed by atoms with van der Waals surface area (Å²) in [6.07, 6.45) is 1.47. The van der Waals surface area contributed by atoms with Crippen LogP contribution < -0.4 is 5.32 Å². The Kier molecular flexibility index (Phi) is 3.82. The average molecular weight is 223 g/mol. The summed E-state index contributed by atoms with van der Waals surface area (Å²) in [5.74, 6) is -1.03. The summed E-state index contributed by atoms with van der Waals surface area (Å²) in [4.78, 5) is 27.4. The fourth-order valence-corrected chi connectivity index (χ4v) is 1.04. The Labute approximate surface area is 92.9 Å². The number of likely N-dealkylation sites (N-methyl/N-ethyl adjacent to an activating group) is 1. The number of carbonyl (C=O) groups excluding carboxylic acids is 1. The van der Waals surface area contributed by atoms with Crippen molar-refractivity contribution in [2.45, 2.75) is 0 Å². The van der Waals surface area contributed by atoms with Crippen LogP contribution in [0.25, 0.3) is 0 Å². The van der Waals surface area contributed by atoms with Crippen LogP contribution in [-0.2, 0) is 4.79 Å². The Morgan fingerprint density at radius 3 is 2.75 bits per heavy atom. The molecule has 2 N–H and O–H groups in total. The minimum Gasteiger partial charge on any atom is -0.478 e. The maximum Gasteiger partial charge on any atom is 0.339 e. The summed E-state index contributed by atoms with van der Waals surface area (Å²) in [5.41, 5.74) is 0.0501. The lowest BCUT2D eigenvalue weighted by Gasteiger charge is -2.12. The van der Waals surface area contributed by atoms with Crippen LogP contribution in [0, 0.1) is 0 Å². The average Bonchev–Trinajstić information content (AvgIpc) is 2.25. The molecule has 0 spiro atoms. The molecule has 0 aromatic carbocycles. The molecule has 86 valence electrons. The van der Waals surface area contributed by atoms with Gasteiger partial charge in [-0.05, 0) is 12.1 Å². The molecular formula is C10H13N3O3. The first-order valence-electron chi connectivity index (χ1n) is 4.64. The van der Waals surface area contributed by atoms with Gasteiger partial charge in [-0.2, -0.15) is 0 Å². The Bertz CT molecular complexity index is 404. The fourth-order valence-electron chi connectivity index (χ4n) is 1.04. The number of carboxylic acids is 1. The number of hydrogen-bond donors (Lipinski definition) is 2. The van der Waals surface area contributed by atoms with Gasteiger partial charge in [0.05, 0.1) is 6.54 Å². The first-order chi connectivity index (χ1) is 7.52. The third kappa shape index (κ3) is 2.94. The first kappa shape index (κ1) is 12.0. The molecule has 1 aromatic rings. The molecule has 6 heteroatoms. The number of pyridine rings is 1. The highest BCUT2D eigenvalue weighted by molar-refractivity contribution is 5.93. The minimum atomic E-state index is -1.08. The molecule has 0 saturated heterocycles. The lowest BCUT2D eigenvalue weighted by molar-refractivity contribution is -0.126. The Morgan fingerprint density at radius 2 is 2.19 bits per heavy atom. The molecule has 1 amide bonds. The molecule has 0 unspecified atom stereocenters. The molecule has 0 bridgehead atoms. The summed E-state index contributed by atoms with van der Waals surface area (Å²) < 4.78 is 0. The van der Waals surface area contributed by atoms with Crippen molar-refractivity contribution in [1.82, 2.24) is 9.88 Å². The zero-order valence-electron chi connectivity index (χ0n) is 9.10. The number of hydrogen-bond acceptors (Lipinski definition) is 4. The number of amides is 1. The van der Waals surface area contributed by atoms with Crippen LogP contribution >= 0.6 is 0 Å². The van der Waals surface area contributed by atoms with E-state index in [1.165, 1.54) is 23.2 Å². The van der Waals surface area contributed by atoms with E-state index in [4.69, 9.17) is 5.11 Å². The lowest BCUT2D eigenvalue weighted by atomic mass is 10.2. The quantitative estimate of drug-likeness (QED) is 0.766. The summed E-state index contributed by atoms with van der Waals surface area (Å²) in [6.45, 7) is 0.0181. The van der Waals surface area contributed by atoms with E-state index in [9.17, 15) is 9.59 Å². The van der Waals surface area contributed by atoms with E-state index >= 15 is 0 Å². The highest BCUT2D eigenvalue weighted by atomic mass is 16.4. The third-order valence-corrected chi connectivity index (χ3v) is 1.94. The number of aromatic carboxylic acids is 1. The molecule has 16 heavy (non-hydrogen) atoms. The van der Waals surface area contributed by atoms with Gasteiger partial charge in [-0.15, -0.1) is 0 Å². The van der Waals surface area contributed by atoms with Gasteiger partial charge in [-0.25, -0.2) is 9.78 Å². The number of nitrogens with one attached hydrogen (secondary N) is 1. The summed E-state index contributed by atoms with van der Waals surface area (Å²) in [7, 11) is 3.25. The number of nitrogens with zero attached hydrogens (tertiary/aromatic N) is 2. The van der Waals surface area contributed by atoms with Gasteiger partial charge in [0, 0.05) is 20.3 Å². The Hall–Kier alpha value is -2.11. The van der Waals surface area contributed by atoms with Crippen molar-refractivity contribution in [3.63, 3.8) is 0 Å². The smallest absolute Gasteiger partial charge is 0.339 e. The Balaban J connectivity index is 2.74. The maximum absolute atomic E-state index is 11.3. The van der Waals surface area contributed by atoms with Gasteiger partial charge in [0.25, 0.3) is 0 Å². The van der Waals surface area contributed by atoms with Crippen LogP contribution in [0.4, 0.5) is 5.82 Å². The van der Waals surface area contributed by atoms with Crippen molar-refractivity contribution in [3.8, 4) is 0 Å². The Morgan fingerprint density at radius 1 is 1.50 bits per heavy atom. The number of carboxylic acid groups (broad SMARTS) is 1. The van der Waals surface area contributed by atoms with Gasteiger partial charge >= 0.3 is 5.97 Å². The zero-order chi connectivity index (χ0) is 12.1. The van der Waals surface area contributed by atoms with Gasteiger partial charge in [-0.1, -0.05) is 0 Å². The molecule has 1 heterocycles. The largest absolute Gasteiger partial charge is 0.478 e. The normalized spacial score (nSPS) is 9.62. The molecule has 1 rings (SSSR count). The van der Waals surface area contributed by atoms with Crippen LogP contribution in [0.2, 0.25) is 0 Å². The summed E-state index contributed by atoms with van der Waals surface area (Å²) >= 11 is 0. The van der Waals surface area contributed by atoms with Gasteiger partial charge in [-0.3, -0.25) is 4.79 Å². The van der Waals surface area contributed by atoms with E-state index in [0.29, 0.717) is 0 Å². The van der Waals surface area contributed by atoms with Crippen molar-refractivity contribution >= 4 is 17.7 Å². The van der Waals surface area contributed by atoms with Crippen LogP contribution in [0.5, 0.6) is 0 Å². The molecule has 1 aromatic heterocycles. The number of aromatic nitrogens is 1. The molecule has 0 aliphatic heterocycles. The SMILES string of the molecule is CN(C)C(=O)CNc1ncccc1C(=O)O. The third-order valence-electron chi connectivity index (χ3n) is 1.94. The van der Waals surface area contributed by atoms with E-state index in [2.05, 4.69) is 10.3 Å². The van der Waals surface area contributed by atoms with Gasteiger partial charge < -0.3 is 15.3 Å². The zero-order valence-corrected chi connectivity index (χ0v) is 9.10. The molecule has 0 saturated carbocycles. The second-order valence-electron chi connectivity index (χ2n) is 3.35. The standard InChI is InChI=1S/C10H13N3O3/c1-13(2)8(14)6-12-9-7(10(15)16)4-3-5-11-9/h3-5H,6H2,1-2H3,(H,11,12)(H,15,16). The van der Waals surface area contributed by atoms with Crippen LogP contribution in [0.15, 0.2) is 18.3 Å². The fraction of sp³-hybridized carbons (Fsp3) is 0.300. The van der Waals surface area contributed by atoms with Gasteiger partial charge in [0.2, 0.25) is 5.91 Å². The number of anilines is 1. The summed E-state index contributed by atoms with van der Waals surface area (Å²) in [6, 6.07) is 2.96. The second kappa shape index (κ2) is 5.11. The van der Waals surface area contributed by atoms with Crippen molar-refractivity contribution in [1.29, 1.82) is 0 Å². The van der Waals surface area contributed by atoms with Crippen LogP contribution in [0.3, 0.4) is 0 Å². The molecule has 0 aliphatic carbocycles. The molecule has 6 nitrogen and oxygen atoms in total. The predicted octanol–water partition coefficient (Wildman–Crippen LogP) is 0.280.